The average molecular weight is 535 g/mol. The van der Waals surface area contributed by atoms with E-state index in [4.69, 9.17) is 4.74 Å². The molecule has 3 heteroatoms. The predicted molar refractivity (Wildman–Crippen MR) is 174 cm³/mol. The second-order valence-electron chi connectivity index (χ2n) is 9.83. The van der Waals surface area contributed by atoms with Gasteiger partial charge in [0.05, 0.1) is 18.4 Å². The molecule has 0 radical (unpaired) electrons. The minimum absolute atomic E-state index is 0.935. The Kier molecular flexibility index (Phi) is 7.44. The van der Waals surface area contributed by atoms with Crippen LogP contribution in [0.2, 0.25) is 0 Å². The van der Waals surface area contributed by atoms with Crippen LogP contribution in [-0.4, -0.2) is 0 Å². The first-order valence-electron chi connectivity index (χ1n) is 13.5. The Morgan fingerprint density at radius 3 is 1.45 bits per heavy atom. The fourth-order valence-electron chi connectivity index (χ4n) is 5.04. The van der Waals surface area contributed by atoms with Crippen molar-refractivity contribution >= 4 is 40.0 Å². The van der Waals surface area contributed by atoms with E-state index in [1.54, 1.807) is 0 Å². The van der Waals surface area contributed by atoms with E-state index in [1.165, 1.54) is 27.0 Å². The normalized spacial score (nSPS) is 11.1. The summed E-state index contributed by atoms with van der Waals surface area (Å²) in [7, 11) is -2.42. The van der Waals surface area contributed by atoms with Crippen molar-refractivity contribution in [1.29, 1.82) is 0 Å². The van der Waals surface area contributed by atoms with Crippen LogP contribution in [0.15, 0.2) is 169 Å². The minimum atomic E-state index is -2.42. The van der Waals surface area contributed by atoms with Crippen molar-refractivity contribution in [1.82, 2.24) is 0 Å². The van der Waals surface area contributed by atoms with E-state index in [2.05, 4.69) is 176 Å². The molecule has 0 fully saturated rings. The molecule has 0 spiro atoms. The maximum Gasteiger partial charge on any atom is 0.0860 e. The molecule has 0 saturated carbocycles. The molecule has 0 heterocycles. The molecule has 0 amide bonds. The standard InChI is InChI=1S/C37H31N2P/c1-29-22-25-32(26-23-29)38-37-28-31(30-14-6-2-7-15-30)24-27-36(37)39-40(33-16-8-3-9-17-33,34-18-10-4-11-19-34)35-20-12-5-13-21-35/h2-28,38H,1H3. The van der Waals surface area contributed by atoms with Crippen molar-refractivity contribution in [2.45, 2.75) is 6.92 Å². The highest BCUT2D eigenvalue weighted by Gasteiger charge is 2.28. The van der Waals surface area contributed by atoms with Gasteiger partial charge in [-0.15, -0.1) is 0 Å². The molecule has 6 aromatic carbocycles. The Morgan fingerprint density at radius 1 is 0.475 bits per heavy atom. The molecule has 0 unspecified atom stereocenters. The molecule has 0 bridgehead atoms. The summed E-state index contributed by atoms with van der Waals surface area (Å²) in [6.45, 7) is 2.11. The first-order valence-corrected chi connectivity index (χ1v) is 15.3. The van der Waals surface area contributed by atoms with Gasteiger partial charge in [0.25, 0.3) is 0 Å². The Bertz CT molecular complexity index is 1640. The summed E-state index contributed by atoms with van der Waals surface area (Å²) in [5.41, 5.74) is 6.52. The molecule has 6 rings (SSSR count). The second kappa shape index (κ2) is 11.6. The van der Waals surface area contributed by atoms with E-state index in [0.29, 0.717) is 0 Å². The lowest BCUT2D eigenvalue weighted by atomic mass is 10.0. The van der Waals surface area contributed by atoms with Gasteiger partial charge in [0, 0.05) is 21.6 Å². The van der Waals surface area contributed by atoms with E-state index in [-0.39, 0.29) is 0 Å². The first-order chi connectivity index (χ1) is 19.7. The van der Waals surface area contributed by atoms with Gasteiger partial charge in [-0.3, -0.25) is 4.74 Å². The van der Waals surface area contributed by atoms with Crippen LogP contribution in [-0.2, 0) is 0 Å². The molecular formula is C37H31N2P. The predicted octanol–water partition coefficient (Wildman–Crippen LogP) is 9.21. The third kappa shape index (κ3) is 5.27. The molecule has 2 nitrogen and oxygen atoms in total. The van der Waals surface area contributed by atoms with E-state index in [9.17, 15) is 0 Å². The molecule has 194 valence electrons. The van der Waals surface area contributed by atoms with E-state index in [1.807, 2.05) is 0 Å². The van der Waals surface area contributed by atoms with Crippen molar-refractivity contribution in [3.05, 3.63) is 169 Å². The van der Waals surface area contributed by atoms with Gasteiger partial charge in [0.15, 0.2) is 0 Å². The highest BCUT2D eigenvalue weighted by molar-refractivity contribution is 7.87. The van der Waals surface area contributed by atoms with E-state index >= 15 is 0 Å². The number of anilines is 2. The molecule has 0 saturated heterocycles. The zero-order chi connectivity index (χ0) is 27.2. The van der Waals surface area contributed by atoms with Crippen molar-refractivity contribution in [3.63, 3.8) is 0 Å². The lowest BCUT2D eigenvalue weighted by molar-refractivity contribution is 1.44. The molecule has 0 atom stereocenters. The van der Waals surface area contributed by atoms with E-state index < -0.39 is 7.05 Å². The van der Waals surface area contributed by atoms with Crippen LogP contribution in [0.4, 0.5) is 17.1 Å². The Morgan fingerprint density at radius 2 is 0.950 bits per heavy atom. The number of nitrogens with zero attached hydrogens (tertiary/aromatic N) is 1. The second-order valence-corrected chi connectivity index (χ2v) is 12.9. The topological polar surface area (TPSA) is 24.4 Å². The third-order valence-corrected chi connectivity index (χ3v) is 10.7. The van der Waals surface area contributed by atoms with Crippen LogP contribution in [0.5, 0.6) is 0 Å². The summed E-state index contributed by atoms with van der Waals surface area (Å²) in [4.78, 5) is 0. The molecule has 40 heavy (non-hydrogen) atoms. The summed E-state index contributed by atoms with van der Waals surface area (Å²) in [6.07, 6.45) is 0. The summed E-state index contributed by atoms with van der Waals surface area (Å²) in [6, 6.07) is 57.9. The number of hydrogen-bond acceptors (Lipinski definition) is 2. The highest BCUT2D eigenvalue weighted by atomic mass is 31.2. The third-order valence-electron chi connectivity index (χ3n) is 7.08. The molecule has 6 aromatic rings. The van der Waals surface area contributed by atoms with Crippen LogP contribution in [0.3, 0.4) is 0 Å². The lowest BCUT2D eigenvalue weighted by Gasteiger charge is -2.27. The molecular weight excluding hydrogens is 503 g/mol. The largest absolute Gasteiger partial charge is 0.354 e. The number of hydrogen-bond donors (Lipinski definition) is 1. The zero-order valence-electron chi connectivity index (χ0n) is 22.5. The maximum absolute atomic E-state index is 5.80. The number of aryl methyl sites for hydroxylation is 1. The first kappa shape index (κ1) is 25.6. The van der Waals surface area contributed by atoms with Crippen molar-refractivity contribution in [3.8, 4) is 11.1 Å². The molecule has 0 aliphatic carbocycles. The van der Waals surface area contributed by atoms with Crippen molar-refractivity contribution in [2.75, 3.05) is 5.32 Å². The summed E-state index contributed by atoms with van der Waals surface area (Å²) >= 11 is 0. The van der Waals surface area contributed by atoms with Gasteiger partial charge >= 0.3 is 0 Å². The molecule has 1 N–H and O–H groups in total. The maximum atomic E-state index is 5.80. The van der Waals surface area contributed by atoms with Crippen LogP contribution < -0.4 is 21.2 Å². The molecule has 0 aliphatic heterocycles. The Balaban J connectivity index is 1.65. The van der Waals surface area contributed by atoms with Gasteiger partial charge in [0.1, 0.15) is 0 Å². The monoisotopic (exact) mass is 534 g/mol. The molecule has 0 aliphatic rings. The number of benzene rings is 6. The van der Waals surface area contributed by atoms with Crippen LogP contribution in [0.25, 0.3) is 11.1 Å². The quantitative estimate of drug-likeness (QED) is 0.203. The SMILES string of the molecule is Cc1ccc(Nc2cc(-c3ccccc3)ccc2N=P(c2ccccc2)(c2ccccc2)c2ccccc2)cc1. The smallest absolute Gasteiger partial charge is 0.0860 e. The van der Waals surface area contributed by atoms with E-state index in [0.717, 1.165) is 22.6 Å². The molecule has 0 aromatic heterocycles. The van der Waals surface area contributed by atoms with Crippen LogP contribution >= 0.6 is 7.05 Å². The van der Waals surface area contributed by atoms with Gasteiger partial charge in [-0.2, -0.15) is 0 Å². The zero-order valence-corrected chi connectivity index (χ0v) is 23.4. The van der Waals surface area contributed by atoms with Crippen LogP contribution in [0.1, 0.15) is 5.56 Å². The van der Waals surface area contributed by atoms with Gasteiger partial charge in [-0.25, -0.2) is 0 Å². The van der Waals surface area contributed by atoms with Gasteiger partial charge in [0.2, 0.25) is 0 Å². The minimum Gasteiger partial charge on any atom is -0.354 e. The lowest BCUT2D eigenvalue weighted by Crippen LogP contribution is -2.25. The van der Waals surface area contributed by atoms with Crippen molar-refractivity contribution < 1.29 is 0 Å². The Hall–Kier alpha value is -4.65. The fourth-order valence-corrected chi connectivity index (χ4v) is 8.59. The van der Waals surface area contributed by atoms with Crippen LogP contribution in [0, 0.1) is 6.92 Å². The Labute approximate surface area is 237 Å². The fraction of sp³-hybridized carbons (Fsp3) is 0.0270. The van der Waals surface area contributed by atoms with Gasteiger partial charge in [-0.05, 0) is 42.3 Å². The van der Waals surface area contributed by atoms with Gasteiger partial charge < -0.3 is 5.32 Å². The number of nitrogens with one attached hydrogen (secondary N) is 1. The van der Waals surface area contributed by atoms with Crippen molar-refractivity contribution in [2.24, 2.45) is 4.74 Å². The van der Waals surface area contributed by atoms with Gasteiger partial charge in [-0.1, -0.05) is 145 Å². The highest BCUT2D eigenvalue weighted by Crippen LogP contribution is 2.51. The number of rotatable bonds is 7. The average Bonchev–Trinajstić information content (AvgIpc) is 3.03. The summed E-state index contributed by atoms with van der Waals surface area (Å²) in [5, 5.41) is 7.38. The summed E-state index contributed by atoms with van der Waals surface area (Å²) < 4.78 is 5.80. The summed E-state index contributed by atoms with van der Waals surface area (Å²) in [5.74, 6) is 0.